The standard InChI is InChI=1S/C16H13NO4/c1-17-11-5-3-2-4-8(11)13-12(17)6-9-10(14(13)18)7-21-16(20)15(9)19/h2-5,7,14,18-19H,6H2,1H3. The Hall–Kier alpha value is -2.53. The lowest BCUT2D eigenvalue weighted by atomic mass is 9.87. The van der Waals surface area contributed by atoms with Crippen molar-refractivity contribution in [3.05, 3.63) is 63.3 Å². The molecule has 1 aromatic carbocycles. The van der Waals surface area contributed by atoms with Crippen molar-refractivity contribution in [1.82, 2.24) is 4.57 Å². The largest absolute Gasteiger partial charge is 0.502 e. The highest BCUT2D eigenvalue weighted by atomic mass is 16.4. The molecule has 0 spiro atoms. The van der Waals surface area contributed by atoms with Crippen LogP contribution >= 0.6 is 0 Å². The van der Waals surface area contributed by atoms with Gasteiger partial charge in [-0.05, 0) is 6.07 Å². The lowest BCUT2D eigenvalue weighted by Gasteiger charge is -2.22. The normalized spacial score (nSPS) is 16.8. The lowest BCUT2D eigenvalue weighted by Crippen LogP contribution is -2.17. The molecule has 2 aromatic heterocycles. The molecule has 5 nitrogen and oxygen atoms in total. The highest BCUT2D eigenvalue weighted by Gasteiger charge is 2.32. The van der Waals surface area contributed by atoms with E-state index in [9.17, 15) is 15.0 Å². The number of hydrogen-bond donors (Lipinski definition) is 2. The Morgan fingerprint density at radius 1 is 1.33 bits per heavy atom. The van der Waals surface area contributed by atoms with Crippen LogP contribution in [0, 0.1) is 0 Å². The molecule has 1 aliphatic rings. The topological polar surface area (TPSA) is 75.6 Å². The smallest absolute Gasteiger partial charge is 0.378 e. The van der Waals surface area contributed by atoms with Crippen molar-refractivity contribution < 1.29 is 14.6 Å². The summed E-state index contributed by atoms with van der Waals surface area (Å²) in [4.78, 5) is 11.5. The summed E-state index contributed by atoms with van der Waals surface area (Å²) >= 11 is 0. The van der Waals surface area contributed by atoms with E-state index in [0.717, 1.165) is 22.2 Å². The quantitative estimate of drug-likeness (QED) is 0.660. The predicted molar refractivity (Wildman–Crippen MR) is 76.4 cm³/mol. The van der Waals surface area contributed by atoms with Crippen molar-refractivity contribution in [2.45, 2.75) is 12.5 Å². The lowest BCUT2D eigenvalue weighted by molar-refractivity contribution is 0.210. The van der Waals surface area contributed by atoms with Crippen LogP contribution in [0.1, 0.15) is 28.5 Å². The molecule has 3 aromatic rings. The molecule has 0 saturated carbocycles. The first kappa shape index (κ1) is 12.2. The number of aliphatic hydroxyl groups is 1. The zero-order valence-corrected chi connectivity index (χ0v) is 11.3. The highest BCUT2D eigenvalue weighted by molar-refractivity contribution is 5.87. The summed E-state index contributed by atoms with van der Waals surface area (Å²) < 4.78 is 6.78. The Balaban J connectivity index is 2.08. The van der Waals surface area contributed by atoms with Crippen molar-refractivity contribution >= 4 is 10.9 Å². The van der Waals surface area contributed by atoms with Gasteiger partial charge in [0.05, 0.1) is 0 Å². The molecule has 0 amide bonds. The number of para-hydroxylation sites is 1. The van der Waals surface area contributed by atoms with Crippen LogP contribution < -0.4 is 5.63 Å². The first-order valence-electron chi connectivity index (χ1n) is 6.67. The van der Waals surface area contributed by atoms with Crippen molar-refractivity contribution in [2.24, 2.45) is 7.05 Å². The maximum atomic E-state index is 11.5. The van der Waals surface area contributed by atoms with Gasteiger partial charge >= 0.3 is 5.63 Å². The zero-order valence-electron chi connectivity index (χ0n) is 11.3. The minimum atomic E-state index is -0.912. The second-order valence-corrected chi connectivity index (χ2v) is 5.32. The highest BCUT2D eigenvalue weighted by Crippen LogP contribution is 2.41. The molecule has 21 heavy (non-hydrogen) atoms. The fraction of sp³-hybridized carbons (Fsp3) is 0.188. The van der Waals surface area contributed by atoms with Gasteiger partial charge < -0.3 is 19.2 Å². The number of fused-ring (bicyclic) bond motifs is 4. The first-order chi connectivity index (χ1) is 10.1. The molecule has 0 bridgehead atoms. The molecule has 5 heteroatoms. The van der Waals surface area contributed by atoms with Gasteiger partial charge in [0, 0.05) is 46.8 Å². The minimum absolute atomic E-state index is 0.393. The van der Waals surface area contributed by atoms with Crippen LogP contribution in [-0.2, 0) is 13.5 Å². The Kier molecular flexibility index (Phi) is 2.32. The third-order valence-corrected chi connectivity index (χ3v) is 4.30. The SMILES string of the molecule is Cn1c2c(c3ccccc31)C(O)c1coc(=O)c(O)c1C2. The van der Waals surface area contributed by atoms with Crippen LogP contribution in [-0.4, -0.2) is 14.8 Å². The van der Waals surface area contributed by atoms with Crippen LogP contribution in [0.2, 0.25) is 0 Å². The second kappa shape index (κ2) is 3.99. The van der Waals surface area contributed by atoms with Crippen LogP contribution in [0.5, 0.6) is 5.75 Å². The Morgan fingerprint density at radius 3 is 2.90 bits per heavy atom. The number of benzene rings is 1. The number of hydrogen-bond acceptors (Lipinski definition) is 4. The third-order valence-electron chi connectivity index (χ3n) is 4.30. The molecule has 0 aliphatic heterocycles. The summed E-state index contributed by atoms with van der Waals surface area (Å²) in [5.74, 6) is -0.414. The van der Waals surface area contributed by atoms with Crippen molar-refractivity contribution in [3.63, 3.8) is 0 Å². The number of aryl methyl sites for hydroxylation is 1. The average molecular weight is 283 g/mol. The first-order valence-corrected chi connectivity index (χ1v) is 6.67. The summed E-state index contributed by atoms with van der Waals surface area (Å²) in [7, 11) is 1.92. The molecule has 2 heterocycles. The summed E-state index contributed by atoms with van der Waals surface area (Å²) in [5, 5.41) is 21.6. The van der Waals surface area contributed by atoms with Crippen LogP contribution in [0.3, 0.4) is 0 Å². The van der Waals surface area contributed by atoms with E-state index in [2.05, 4.69) is 0 Å². The van der Waals surface area contributed by atoms with Crippen LogP contribution in [0.15, 0.2) is 39.7 Å². The molecule has 1 unspecified atom stereocenters. The van der Waals surface area contributed by atoms with Crippen LogP contribution in [0.25, 0.3) is 10.9 Å². The number of aromatic nitrogens is 1. The van der Waals surface area contributed by atoms with Gasteiger partial charge in [-0.25, -0.2) is 4.79 Å². The molecule has 106 valence electrons. The third kappa shape index (κ3) is 1.46. The molecule has 1 atom stereocenters. The predicted octanol–water partition coefficient (Wildman–Crippen LogP) is 1.82. The zero-order chi connectivity index (χ0) is 14.7. The average Bonchev–Trinajstić information content (AvgIpc) is 2.78. The number of rotatable bonds is 0. The van der Waals surface area contributed by atoms with Gasteiger partial charge in [0.1, 0.15) is 12.4 Å². The number of nitrogens with zero attached hydrogens (tertiary/aromatic N) is 1. The van der Waals surface area contributed by atoms with E-state index in [4.69, 9.17) is 4.42 Å². The fourth-order valence-electron chi connectivity index (χ4n) is 3.24. The molecule has 0 fully saturated rings. The van der Waals surface area contributed by atoms with E-state index in [1.54, 1.807) is 0 Å². The molecular formula is C16H13NO4. The van der Waals surface area contributed by atoms with E-state index >= 15 is 0 Å². The Bertz CT molecular complexity index is 935. The van der Waals surface area contributed by atoms with Crippen molar-refractivity contribution in [1.29, 1.82) is 0 Å². The van der Waals surface area contributed by atoms with E-state index in [1.807, 2.05) is 35.9 Å². The summed E-state index contributed by atoms with van der Waals surface area (Å²) in [5.41, 5.74) is 2.84. The van der Waals surface area contributed by atoms with Gasteiger partial charge in [-0.1, -0.05) is 18.2 Å². The van der Waals surface area contributed by atoms with Gasteiger partial charge in [0.25, 0.3) is 0 Å². The van der Waals surface area contributed by atoms with Crippen molar-refractivity contribution in [3.8, 4) is 5.75 Å². The molecule has 0 radical (unpaired) electrons. The van der Waals surface area contributed by atoms with E-state index < -0.39 is 17.5 Å². The van der Waals surface area contributed by atoms with E-state index in [0.29, 0.717) is 17.5 Å². The Labute approximate surface area is 119 Å². The number of aliphatic hydroxyl groups excluding tert-OH is 1. The fourth-order valence-corrected chi connectivity index (χ4v) is 3.24. The molecule has 4 rings (SSSR count). The minimum Gasteiger partial charge on any atom is -0.502 e. The van der Waals surface area contributed by atoms with Crippen molar-refractivity contribution in [2.75, 3.05) is 0 Å². The summed E-state index contributed by atoms with van der Waals surface area (Å²) in [6.07, 6.45) is 0.724. The molecular weight excluding hydrogens is 270 g/mol. The van der Waals surface area contributed by atoms with Gasteiger partial charge in [-0.2, -0.15) is 0 Å². The molecule has 0 saturated heterocycles. The summed E-state index contributed by atoms with van der Waals surface area (Å²) in [6, 6.07) is 7.80. The monoisotopic (exact) mass is 283 g/mol. The van der Waals surface area contributed by atoms with E-state index in [-0.39, 0.29) is 0 Å². The van der Waals surface area contributed by atoms with Gasteiger partial charge in [0.2, 0.25) is 5.75 Å². The van der Waals surface area contributed by atoms with Gasteiger partial charge in [0.15, 0.2) is 0 Å². The van der Waals surface area contributed by atoms with Gasteiger partial charge in [-0.15, -0.1) is 0 Å². The van der Waals surface area contributed by atoms with Gasteiger partial charge in [-0.3, -0.25) is 0 Å². The second-order valence-electron chi connectivity index (χ2n) is 5.32. The molecule has 1 aliphatic carbocycles. The van der Waals surface area contributed by atoms with E-state index in [1.165, 1.54) is 6.26 Å². The van der Waals surface area contributed by atoms with Crippen LogP contribution in [0.4, 0.5) is 0 Å². The molecule has 2 N–H and O–H groups in total. The maximum absolute atomic E-state index is 11.5. The Morgan fingerprint density at radius 2 is 2.10 bits per heavy atom. The number of aromatic hydroxyl groups is 1. The maximum Gasteiger partial charge on any atom is 0.378 e. The summed E-state index contributed by atoms with van der Waals surface area (Å²) in [6.45, 7) is 0.